The molecule has 1 aromatic rings. The topological polar surface area (TPSA) is 35.5 Å². The molecule has 0 amide bonds. The van der Waals surface area contributed by atoms with Crippen LogP contribution in [0.15, 0.2) is 6.07 Å². The highest BCUT2D eigenvalue weighted by atomic mass is 19.2. The van der Waals surface area contributed by atoms with Gasteiger partial charge in [-0.2, -0.15) is 0 Å². The minimum atomic E-state index is -1.91. The number of carbonyl (C=O) groups excluding carboxylic acids is 1. The lowest BCUT2D eigenvalue weighted by molar-refractivity contribution is -0.145. The first-order chi connectivity index (χ1) is 10.5. The van der Waals surface area contributed by atoms with Crippen molar-refractivity contribution in [1.82, 2.24) is 0 Å². The Morgan fingerprint density at radius 3 is 2.50 bits per heavy atom. The normalized spacial score (nSPS) is 15.8. The van der Waals surface area contributed by atoms with E-state index in [0.717, 1.165) is 12.8 Å². The van der Waals surface area contributed by atoms with Crippen LogP contribution in [0.5, 0.6) is 0 Å². The largest absolute Gasteiger partial charge is 0.461 e. The van der Waals surface area contributed by atoms with Gasteiger partial charge >= 0.3 is 5.97 Å². The molecule has 1 aliphatic rings. The van der Waals surface area contributed by atoms with Gasteiger partial charge in [-0.3, -0.25) is 4.79 Å². The van der Waals surface area contributed by atoms with E-state index in [4.69, 9.17) is 9.47 Å². The van der Waals surface area contributed by atoms with E-state index in [1.807, 2.05) is 0 Å². The molecule has 0 aromatic heterocycles. The Morgan fingerprint density at radius 1 is 1.14 bits per heavy atom. The molecule has 1 heterocycles. The first kappa shape index (κ1) is 16.7. The van der Waals surface area contributed by atoms with Crippen LogP contribution < -0.4 is 0 Å². The molecule has 0 radical (unpaired) electrons. The summed E-state index contributed by atoms with van der Waals surface area (Å²) >= 11 is 0. The minimum absolute atomic E-state index is 0.137. The Morgan fingerprint density at radius 2 is 1.82 bits per heavy atom. The van der Waals surface area contributed by atoms with Gasteiger partial charge in [0.1, 0.15) is 6.61 Å². The number of rotatable bonds is 5. The standard InChI is InChI=1S/C15H16F4O3/c16-11-7-10(13(17)15(19)14(11)18)8-22-12(20)2-1-9-3-5-21-6-4-9/h7,9H,1-6,8H2. The lowest BCUT2D eigenvalue weighted by Crippen LogP contribution is -2.17. The predicted molar refractivity (Wildman–Crippen MR) is 68.8 cm³/mol. The number of hydrogen-bond acceptors (Lipinski definition) is 3. The van der Waals surface area contributed by atoms with E-state index in [0.29, 0.717) is 31.6 Å². The van der Waals surface area contributed by atoms with Crippen molar-refractivity contribution in [2.45, 2.75) is 32.3 Å². The van der Waals surface area contributed by atoms with Crippen molar-refractivity contribution in [1.29, 1.82) is 0 Å². The third-order valence-electron chi connectivity index (χ3n) is 3.66. The van der Waals surface area contributed by atoms with Crippen LogP contribution in [0.2, 0.25) is 0 Å². The monoisotopic (exact) mass is 320 g/mol. The summed E-state index contributed by atoms with van der Waals surface area (Å²) in [5.74, 6) is -7.07. The summed E-state index contributed by atoms with van der Waals surface area (Å²) < 4.78 is 62.2. The summed E-state index contributed by atoms with van der Waals surface area (Å²) in [4.78, 5) is 11.6. The Bertz CT molecular complexity index is 542. The lowest BCUT2D eigenvalue weighted by Gasteiger charge is -2.21. The number of benzene rings is 1. The van der Waals surface area contributed by atoms with Crippen molar-refractivity contribution in [2.75, 3.05) is 13.2 Å². The molecule has 7 heteroatoms. The van der Waals surface area contributed by atoms with Gasteiger partial charge in [0.15, 0.2) is 23.3 Å². The zero-order valence-corrected chi connectivity index (χ0v) is 11.8. The zero-order chi connectivity index (χ0) is 16.1. The van der Waals surface area contributed by atoms with E-state index in [-0.39, 0.29) is 6.42 Å². The summed E-state index contributed by atoms with van der Waals surface area (Å²) in [7, 11) is 0. The van der Waals surface area contributed by atoms with Gasteiger partial charge in [-0.25, -0.2) is 17.6 Å². The van der Waals surface area contributed by atoms with E-state index in [2.05, 4.69) is 0 Å². The molecular weight excluding hydrogens is 304 g/mol. The van der Waals surface area contributed by atoms with Gasteiger partial charge in [-0.05, 0) is 31.2 Å². The summed E-state index contributed by atoms with van der Waals surface area (Å²) in [5.41, 5.74) is -0.532. The highest BCUT2D eigenvalue weighted by Crippen LogP contribution is 2.22. The number of carbonyl (C=O) groups is 1. The molecule has 2 rings (SSSR count). The quantitative estimate of drug-likeness (QED) is 0.360. The van der Waals surface area contributed by atoms with Crippen LogP contribution in [-0.4, -0.2) is 19.2 Å². The lowest BCUT2D eigenvalue weighted by atomic mass is 9.95. The fourth-order valence-electron chi connectivity index (χ4n) is 2.31. The van der Waals surface area contributed by atoms with Crippen molar-refractivity contribution >= 4 is 5.97 Å². The second-order valence-corrected chi connectivity index (χ2v) is 5.21. The molecule has 0 atom stereocenters. The third kappa shape index (κ3) is 4.19. The van der Waals surface area contributed by atoms with Gasteiger partial charge < -0.3 is 9.47 Å². The molecular formula is C15H16F4O3. The van der Waals surface area contributed by atoms with Gasteiger partial charge in [-0.1, -0.05) is 0 Å². The summed E-state index contributed by atoms with van der Waals surface area (Å²) in [6, 6.07) is 0.486. The van der Waals surface area contributed by atoms with E-state index < -0.39 is 41.4 Å². The van der Waals surface area contributed by atoms with E-state index >= 15 is 0 Å². The molecule has 0 aliphatic carbocycles. The van der Waals surface area contributed by atoms with E-state index in [1.165, 1.54) is 0 Å². The zero-order valence-electron chi connectivity index (χ0n) is 11.8. The third-order valence-corrected chi connectivity index (χ3v) is 3.66. The average molecular weight is 320 g/mol. The summed E-state index contributed by atoms with van der Waals surface area (Å²) in [6.45, 7) is 0.699. The van der Waals surface area contributed by atoms with Crippen molar-refractivity contribution in [3.8, 4) is 0 Å². The fraction of sp³-hybridized carbons (Fsp3) is 0.533. The number of esters is 1. The molecule has 1 aliphatic heterocycles. The molecule has 0 bridgehead atoms. The number of ether oxygens (including phenoxy) is 2. The van der Waals surface area contributed by atoms with Gasteiger partial charge in [0.2, 0.25) is 0 Å². The molecule has 1 aromatic carbocycles. The van der Waals surface area contributed by atoms with Crippen LogP contribution in [0, 0.1) is 29.2 Å². The van der Waals surface area contributed by atoms with Crippen molar-refractivity contribution < 1.29 is 31.8 Å². The molecule has 0 spiro atoms. The SMILES string of the molecule is O=C(CCC1CCOCC1)OCc1cc(F)c(F)c(F)c1F. The van der Waals surface area contributed by atoms with Crippen molar-refractivity contribution in [2.24, 2.45) is 5.92 Å². The second-order valence-electron chi connectivity index (χ2n) is 5.21. The number of hydrogen-bond donors (Lipinski definition) is 0. The van der Waals surface area contributed by atoms with Crippen LogP contribution in [0.1, 0.15) is 31.2 Å². The molecule has 122 valence electrons. The maximum Gasteiger partial charge on any atom is 0.306 e. The Kier molecular flexibility index (Phi) is 5.76. The van der Waals surface area contributed by atoms with Gasteiger partial charge in [0, 0.05) is 25.2 Å². The smallest absolute Gasteiger partial charge is 0.306 e. The van der Waals surface area contributed by atoms with Crippen LogP contribution in [-0.2, 0) is 20.9 Å². The molecule has 22 heavy (non-hydrogen) atoms. The maximum atomic E-state index is 13.4. The molecule has 3 nitrogen and oxygen atoms in total. The fourth-order valence-corrected chi connectivity index (χ4v) is 2.31. The molecule has 1 fully saturated rings. The first-order valence-electron chi connectivity index (χ1n) is 7.04. The van der Waals surface area contributed by atoms with E-state index in [1.54, 1.807) is 0 Å². The van der Waals surface area contributed by atoms with Crippen LogP contribution in [0.25, 0.3) is 0 Å². The molecule has 0 saturated carbocycles. The Labute approximate surface area is 125 Å². The molecule has 1 saturated heterocycles. The van der Waals surface area contributed by atoms with E-state index in [9.17, 15) is 22.4 Å². The molecule has 0 N–H and O–H groups in total. The van der Waals surface area contributed by atoms with Gasteiger partial charge in [0.05, 0.1) is 0 Å². The van der Waals surface area contributed by atoms with Gasteiger partial charge in [-0.15, -0.1) is 0 Å². The first-order valence-corrected chi connectivity index (χ1v) is 7.04. The second kappa shape index (κ2) is 7.58. The Hall–Kier alpha value is -1.63. The Balaban J connectivity index is 1.83. The minimum Gasteiger partial charge on any atom is -0.461 e. The van der Waals surface area contributed by atoms with Crippen LogP contribution in [0.3, 0.4) is 0 Å². The highest BCUT2D eigenvalue weighted by Gasteiger charge is 2.20. The summed E-state index contributed by atoms with van der Waals surface area (Å²) in [5, 5.41) is 0. The van der Waals surface area contributed by atoms with Crippen LogP contribution in [0.4, 0.5) is 17.6 Å². The average Bonchev–Trinajstić information content (AvgIpc) is 2.54. The molecule has 0 unspecified atom stereocenters. The predicted octanol–water partition coefficient (Wildman–Crippen LogP) is 3.49. The van der Waals surface area contributed by atoms with Crippen molar-refractivity contribution in [3.05, 3.63) is 34.9 Å². The maximum absolute atomic E-state index is 13.4. The number of halogens is 4. The van der Waals surface area contributed by atoms with Crippen molar-refractivity contribution in [3.63, 3.8) is 0 Å². The van der Waals surface area contributed by atoms with Crippen LogP contribution >= 0.6 is 0 Å². The van der Waals surface area contributed by atoms with Gasteiger partial charge in [0.25, 0.3) is 0 Å². The highest BCUT2D eigenvalue weighted by molar-refractivity contribution is 5.69. The summed E-state index contributed by atoms with van der Waals surface area (Å²) in [6.07, 6.45) is 2.50.